The van der Waals surface area contributed by atoms with Gasteiger partial charge in [0, 0.05) is 11.6 Å². The topological polar surface area (TPSA) is 38.3 Å². The maximum atomic E-state index is 12.1. The molecule has 0 bridgehead atoms. The Morgan fingerprint density at radius 1 is 1.17 bits per heavy atom. The molecule has 0 aromatic heterocycles. The highest BCUT2D eigenvalue weighted by Crippen LogP contribution is 2.18. The van der Waals surface area contributed by atoms with E-state index < -0.39 is 6.10 Å². The molecule has 3 nitrogen and oxygen atoms in total. The minimum absolute atomic E-state index is 0.104. The minimum Gasteiger partial charge on any atom is -0.481 e. The summed E-state index contributed by atoms with van der Waals surface area (Å²) in [6.45, 7) is 6.44. The number of ether oxygens (including phenoxy) is 1. The number of carbonyl (C=O) groups excluding carboxylic acids is 1. The Balaban J connectivity index is 1.75. The first-order valence-corrected chi connectivity index (χ1v) is 8.60. The highest BCUT2D eigenvalue weighted by Gasteiger charge is 2.14. The second kappa shape index (κ2) is 8.74. The predicted octanol–water partition coefficient (Wildman–Crippen LogP) is 4.47. The van der Waals surface area contributed by atoms with Gasteiger partial charge in [-0.25, -0.2) is 0 Å². The highest BCUT2D eigenvalue weighted by molar-refractivity contribution is 6.31. The SMILES string of the molecule is Cc1ccc(O[C@H](C)C(=O)NCCCc2ccccc2Cl)cc1C. The van der Waals surface area contributed by atoms with Gasteiger partial charge in [-0.2, -0.15) is 0 Å². The lowest BCUT2D eigenvalue weighted by molar-refractivity contribution is -0.127. The van der Waals surface area contributed by atoms with E-state index in [1.807, 2.05) is 56.3 Å². The Morgan fingerprint density at radius 3 is 2.62 bits per heavy atom. The second-order valence-electron chi connectivity index (χ2n) is 5.99. The minimum atomic E-state index is -0.521. The average molecular weight is 346 g/mol. The van der Waals surface area contributed by atoms with Gasteiger partial charge in [-0.1, -0.05) is 35.9 Å². The fourth-order valence-corrected chi connectivity index (χ4v) is 2.61. The summed E-state index contributed by atoms with van der Waals surface area (Å²) in [5, 5.41) is 3.68. The molecule has 0 aliphatic heterocycles. The summed E-state index contributed by atoms with van der Waals surface area (Å²) >= 11 is 6.12. The molecule has 0 radical (unpaired) electrons. The first-order valence-electron chi connectivity index (χ1n) is 8.22. The van der Waals surface area contributed by atoms with Crippen LogP contribution in [0.3, 0.4) is 0 Å². The lowest BCUT2D eigenvalue weighted by Gasteiger charge is -2.15. The fourth-order valence-electron chi connectivity index (χ4n) is 2.38. The number of amides is 1. The third kappa shape index (κ3) is 5.27. The summed E-state index contributed by atoms with van der Waals surface area (Å²) in [5.74, 6) is 0.615. The number of aryl methyl sites for hydroxylation is 3. The van der Waals surface area contributed by atoms with Gasteiger partial charge < -0.3 is 10.1 Å². The molecule has 1 atom stereocenters. The molecule has 2 rings (SSSR count). The Kier molecular flexibility index (Phi) is 6.68. The van der Waals surface area contributed by atoms with E-state index >= 15 is 0 Å². The van der Waals surface area contributed by atoms with Crippen molar-refractivity contribution in [3.8, 4) is 5.75 Å². The van der Waals surface area contributed by atoms with Gasteiger partial charge in [0.2, 0.25) is 0 Å². The van der Waals surface area contributed by atoms with Gasteiger partial charge in [-0.3, -0.25) is 4.79 Å². The third-order valence-electron chi connectivity index (χ3n) is 4.04. The van der Waals surface area contributed by atoms with Crippen molar-refractivity contribution in [1.29, 1.82) is 0 Å². The van der Waals surface area contributed by atoms with Crippen LogP contribution in [0.25, 0.3) is 0 Å². The van der Waals surface area contributed by atoms with Crippen molar-refractivity contribution in [2.24, 2.45) is 0 Å². The number of carbonyl (C=O) groups is 1. The van der Waals surface area contributed by atoms with Gasteiger partial charge in [0.15, 0.2) is 6.10 Å². The molecule has 1 N–H and O–H groups in total. The normalized spacial score (nSPS) is 11.8. The van der Waals surface area contributed by atoms with E-state index in [0.717, 1.165) is 34.7 Å². The summed E-state index contributed by atoms with van der Waals surface area (Å²) in [7, 11) is 0. The Morgan fingerprint density at radius 2 is 1.92 bits per heavy atom. The zero-order valence-corrected chi connectivity index (χ0v) is 15.2. The third-order valence-corrected chi connectivity index (χ3v) is 4.41. The Hall–Kier alpha value is -2.00. The quantitative estimate of drug-likeness (QED) is 0.752. The van der Waals surface area contributed by atoms with Crippen LogP contribution in [-0.4, -0.2) is 18.6 Å². The van der Waals surface area contributed by atoms with Crippen molar-refractivity contribution in [3.05, 3.63) is 64.2 Å². The number of hydrogen-bond donors (Lipinski definition) is 1. The summed E-state index contributed by atoms with van der Waals surface area (Å²) in [6.07, 6.45) is 1.16. The van der Waals surface area contributed by atoms with Crippen LogP contribution in [0, 0.1) is 13.8 Å². The summed E-state index contributed by atoms with van der Waals surface area (Å²) in [4.78, 5) is 12.1. The van der Waals surface area contributed by atoms with Gasteiger partial charge in [0.1, 0.15) is 5.75 Å². The lowest BCUT2D eigenvalue weighted by atomic mass is 10.1. The van der Waals surface area contributed by atoms with E-state index in [2.05, 4.69) is 5.32 Å². The standard InChI is InChI=1S/C20H24ClNO2/c1-14-10-11-18(13-15(14)2)24-16(3)20(23)22-12-6-8-17-7-4-5-9-19(17)21/h4-5,7,9-11,13,16H,6,8,12H2,1-3H3,(H,22,23)/t16-/m1/s1. The van der Waals surface area contributed by atoms with E-state index in [1.54, 1.807) is 6.92 Å². The van der Waals surface area contributed by atoms with Gasteiger partial charge in [-0.05, 0) is 68.5 Å². The smallest absolute Gasteiger partial charge is 0.260 e. The number of benzene rings is 2. The van der Waals surface area contributed by atoms with Crippen molar-refractivity contribution < 1.29 is 9.53 Å². The molecular formula is C20H24ClNO2. The molecule has 1 amide bonds. The molecule has 0 unspecified atom stereocenters. The molecule has 24 heavy (non-hydrogen) atoms. The van der Waals surface area contributed by atoms with Gasteiger partial charge in [0.25, 0.3) is 5.91 Å². The first-order chi connectivity index (χ1) is 11.5. The van der Waals surface area contributed by atoms with Crippen LogP contribution in [0.1, 0.15) is 30.0 Å². The van der Waals surface area contributed by atoms with Crippen molar-refractivity contribution >= 4 is 17.5 Å². The van der Waals surface area contributed by atoms with Crippen molar-refractivity contribution in [2.45, 2.75) is 39.7 Å². The predicted molar refractivity (Wildman–Crippen MR) is 98.8 cm³/mol. The van der Waals surface area contributed by atoms with Crippen LogP contribution in [0.5, 0.6) is 5.75 Å². The molecule has 4 heteroatoms. The maximum absolute atomic E-state index is 12.1. The molecular weight excluding hydrogens is 322 g/mol. The molecule has 128 valence electrons. The number of hydrogen-bond acceptors (Lipinski definition) is 2. The van der Waals surface area contributed by atoms with E-state index in [1.165, 1.54) is 5.56 Å². The van der Waals surface area contributed by atoms with Gasteiger partial charge in [-0.15, -0.1) is 0 Å². The van der Waals surface area contributed by atoms with E-state index in [9.17, 15) is 4.79 Å². The fraction of sp³-hybridized carbons (Fsp3) is 0.350. The van der Waals surface area contributed by atoms with Crippen molar-refractivity contribution in [3.63, 3.8) is 0 Å². The molecule has 2 aromatic carbocycles. The van der Waals surface area contributed by atoms with Crippen molar-refractivity contribution in [1.82, 2.24) is 5.32 Å². The monoisotopic (exact) mass is 345 g/mol. The largest absolute Gasteiger partial charge is 0.481 e. The molecule has 0 saturated carbocycles. The molecule has 0 fully saturated rings. The number of nitrogens with one attached hydrogen (secondary N) is 1. The van der Waals surface area contributed by atoms with E-state index in [4.69, 9.17) is 16.3 Å². The van der Waals surface area contributed by atoms with Crippen LogP contribution in [0.2, 0.25) is 5.02 Å². The summed E-state index contributed by atoms with van der Waals surface area (Å²) < 4.78 is 5.71. The molecule has 0 aliphatic rings. The number of rotatable bonds is 7. The van der Waals surface area contributed by atoms with Gasteiger partial charge >= 0.3 is 0 Å². The van der Waals surface area contributed by atoms with Gasteiger partial charge in [0.05, 0.1) is 0 Å². The Labute approximate surface area is 149 Å². The zero-order chi connectivity index (χ0) is 17.5. The highest BCUT2D eigenvalue weighted by atomic mass is 35.5. The average Bonchev–Trinajstić information content (AvgIpc) is 2.56. The van der Waals surface area contributed by atoms with Crippen LogP contribution >= 0.6 is 11.6 Å². The first kappa shape index (κ1) is 18.3. The molecule has 0 spiro atoms. The van der Waals surface area contributed by atoms with Crippen LogP contribution in [-0.2, 0) is 11.2 Å². The van der Waals surface area contributed by atoms with Crippen LogP contribution < -0.4 is 10.1 Å². The van der Waals surface area contributed by atoms with Crippen molar-refractivity contribution in [2.75, 3.05) is 6.54 Å². The van der Waals surface area contributed by atoms with Crippen LogP contribution in [0.15, 0.2) is 42.5 Å². The van der Waals surface area contributed by atoms with E-state index in [0.29, 0.717) is 6.54 Å². The molecule has 2 aromatic rings. The Bertz CT molecular complexity index is 700. The van der Waals surface area contributed by atoms with Crippen LogP contribution in [0.4, 0.5) is 0 Å². The maximum Gasteiger partial charge on any atom is 0.260 e. The second-order valence-corrected chi connectivity index (χ2v) is 6.40. The number of halogens is 1. The molecule has 0 aliphatic carbocycles. The molecule has 0 saturated heterocycles. The lowest BCUT2D eigenvalue weighted by Crippen LogP contribution is -2.36. The zero-order valence-electron chi connectivity index (χ0n) is 14.4. The summed E-state index contributed by atoms with van der Waals surface area (Å²) in [6, 6.07) is 13.6. The van der Waals surface area contributed by atoms with E-state index in [-0.39, 0.29) is 5.91 Å². The molecule has 0 heterocycles. The summed E-state index contributed by atoms with van der Waals surface area (Å²) in [5.41, 5.74) is 3.46.